The molecule has 0 spiro atoms. The van der Waals surface area contributed by atoms with Crippen LogP contribution < -0.4 is 10.6 Å². The third-order valence-electron chi connectivity index (χ3n) is 4.95. The van der Waals surface area contributed by atoms with Crippen molar-refractivity contribution in [3.63, 3.8) is 0 Å². The predicted octanol–water partition coefficient (Wildman–Crippen LogP) is 4.74. The zero-order valence-corrected chi connectivity index (χ0v) is 20.6. The number of ether oxygens (including phenoxy) is 1. The van der Waals surface area contributed by atoms with E-state index in [2.05, 4.69) is 10.6 Å². The van der Waals surface area contributed by atoms with Crippen LogP contribution in [0.1, 0.15) is 57.4 Å². The molecule has 7 heteroatoms. The molecule has 0 saturated carbocycles. The fourth-order valence-electron chi connectivity index (χ4n) is 3.38. The molecule has 0 aromatic heterocycles. The van der Waals surface area contributed by atoms with Crippen LogP contribution in [0.3, 0.4) is 0 Å². The van der Waals surface area contributed by atoms with Crippen LogP contribution in [-0.2, 0) is 14.3 Å². The van der Waals surface area contributed by atoms with Gasteiger partial charge in [-0.05, 0) is 65.7 Å². The molecule has 7 nitrogen and oxygen atoms in total. The minimum Gasteiger partial charge on any atom is -0.444 e. The number of hydrogen-bond acceptors (Lipinski definition) is 4. The van der Waals surface area contributed by atoms with Crippen molar-refractivity contribution in [2.45, 2.75) is 66.2 Å². The largest absolute Gasteiger partial charge is 0.444 e. The summed E-state index contributed by atoms with van der Waals surface area (Å²) in [7, 11) is 0. The van der Waals surface area contributed by atoms with Crippen molar-refractivity contribution >= 4 is 23.6 Å². The van der Waals surface area contributed by atoms with Crippen molar-refractivity contribution in [1.29, 1.82) is 0 Å². The molecule has 0 aliphatic carbocycles. The van der Waals surface area contributed by atoms with Gasteiger partial charge in [-0.15, -0.1) is 0 Å². The molecule has 2 rings (SSSR count). The number of carbonyl (C=O) groups excluding carboxylic acids is 3. The first-order chi connectivity index (χ1) is 15.4. The summed E-state index contributed by atoms with van der Waals surface area (Å²) in [4.78, 5) is 40.3. The Morgan fingerprint density at radius 3 is 2.12 bits per heavy atom. The standard InChI is InChI=1S/C26H35N3O4/c1-17(2)29(22(30)16-27-25(32)33-26(5,6)7)23(20-14-12-18(3)13-15-20)24(31)28-21-11-9-8-10-19(21)4/h8-15,17,23H,16H2,1-7H3,(H,27,32)(H,28,31). The third-order valence-corrected chi connectivity index (χ3v) is 4.95. The summed E-state index contributed by atoms with van der Waals surface area (Å²) in [5.74, 6) is -0.714. The number of aryl methyl sites for hydroxylation is 2. The van der Waals surface area contributed by atoms with Gasteiger partial charge in [0.15, 0.2) is 0 Å². The van der Waals surface area contributed by atoms with Crippen LogP contribution >= 0.6 is 0 Å². The number of para-hydroxylation sites is 1. The van der Waals surface area contributed by atoms with Crippen LogP contribution in [0.15, 0.2) is 48.5 Å². The number of nitrogens with zero attached hydrogens (tertiary/aromatic N) is 1. The van der Waals surface area contributed by atoms with E-state index >= 15 is 0 Å². The summed E-state index contributed by atoms with van der Waals surface area (Å²) in [5.41, 5.74) is 2.66. The quantitative estimate of drug-likeness (QED) is 0.634. The van der Waals surface area contributed by atoms with E-state index in [0.29, 0.717) is 11.3 Å². The van der Waals surface area contributed by atoms with E-state index in [1.807, 2.05) is 76.2 Å². The maximum absolute atomic E-state index is 13.5. The number of benzene rings is 2. The summed E-state index contributed by atoms with van der Waals surface area (Å²) >= 11 is 0. The Hall–Kier alpha value is -3.35. The monoisotopic (exact) mass is 453 g/mol. The van der Waals surface area contributed by atoms with Gasteiger partial charge in [-0.25, -0.2) is 4.79 Å². The minimum atomic E-state index is -0.877. The van der Waals surface area contributed by atoms with Crippen LogP contribution in [0, 0.1) is 13.8 Å². The Balaban J connectivity index is 2.34. The van der Waals surface area contributed by atoms with E-state index in [-0.39, 0.29) is 24.4 Å². The first-order valence-corrected chi connectivity index (χ1v) is 11.1. The maximum atomic E-state index is 13.5. The molecule has 33 heavy (non-hydrogen) atoms. The summed E-state index contributed by atoms with van der Waals surface area (Å²) in [5, 5.41) is 5.47. The van der Waals surface area contributed by atoms with Gasteiger partial charge in [-0.1, -0.05) is 48.0 Å². The molecule has 178 valence electrons. The molecule has 0 aliphatic rings. The van der Waals surface area contributed by atoms with Gasteiger partial charge in [0.1, 0.15) is 18.2 Å². The van der Waals surface area contributed by atoms with E-state index < -0.39 is 17.7 Å². The highest BCUT2D eigenvalue weighted by atomic mass is 16.6. The number of alkyl carbamates (subject to hydrolysis) is 1. The van der Waals surface area contributed by atoms with Crippen molar-refractivity contribution in [1.82, 2.24) is 10.2 Å². The van der Waals surface area contributed by atoms with E-state index in [1.165, 1.54) is 4.90 Å². The van der Waals surface area contributed by atoms with Gasteiger partial charge in [-0.3, -0.25) is 9.59 Å². The predicted molar refractivity (Wildman–Crippen MR) is 130 cm³/mol. The minimum absolute atomic E-state index is 0.285. The molecule has 0 aliphatic heterocycles. The lowest BCUT2D eigenvalue weighted by molar-refractivity contribution is -0.140. The van der Waals surface area contributed by atoms with Crippen molar-refractivity contribution in [2.75, 3.05) is 11.9 Å². The average molecular weight is 454 g/mol. The van der Waals surface area contributed by atoms with Crippen LogP contribution in [0.4, 0.5) is 10.5 Å². The molecule has 0 heterocycles. The van der Waals surface area contributed by atoms with Crippen molar-refractivity contribution in [3.05, 3.63) is 65.2 Å². The summed E-state index contributed by atoms with van der Waals surface area (Å²) in [6, 6.07) is 13.8. The van der Waals surface area contributed by atoms with Gasteiger partial charge in [0.2, 0.25) is 5.91 Å². The molecule has 1 unspecified atom stereocenters. The van der Waals surface area contributed by atoms with Gasteiger partial charge >= 0.3 is 6.09 Å². The van der Waals surface area contributed by atoms with E-state index in [1.54, 1.807) is 20.8 Å². The van der Waals surface area contributed by atoms with E-state index in [0.717, 1.165) is 11.1 Å². The fraction of sp³-hybridized carbons (Fsp3) is 0.423. The zero-order valence-electron chi connectivity index (χ0n) is 20.6. The number of carbonyl (C=O) groups is 3. The van der Waals surface area contributed by atoms with Crippen molar-refractivity contribution in [3.8, 4) is 0 Å². The SMILES string of the molecule is Cc1ccc(C(C(=O)Nc2ccccc2C)N(C(=O)CNC(=O)OC(C)(C)C)C(C)C)cc1. The molecule has 1 atom stereocenters. The van der Waals surface area contributed by atoms with Crippen molar-refractivity contribution < 1.29 is 19.1 Å². The summed E-state index contributed by atoms with van der Waals surface area (Å²) in [6.07, 6.45) is -0.684. The average Bonchev–Trinajstić information content (AvgIpc) is 2.71. The molecule has 2 aromatic carbocycles. The van der Waals surface area contributed by atoms with Crippen LogP contribution in [0.25, 0.3) is 0 Å². The molecule has 2 N–H and O–H groups in total. The third kappa shape index (κ3) is 7.63. The number of hydrogen-bond donors (Lipinski definition) is 2. The molecule has 0 radical (unpaired) electrons. The first kappa shape index (κ1) is 25.9. The Morgan fingerprint density at radius 2 is 1.58 bits per heavy atom. The molecule has 0 bridgehead atoms. The zero-order chi connectivity index (χ0) is 24.8. The summed E-state index contributed by atoms with van der Waals surface area (Å²) in [6.45, 7) is 12.5. The normalized spacial score (nSPS) is 12.1. The lowest BCUT2D eigenvalue weighted by Crippen LogP contribution is -2.49. The molecule has 0 saturated heterocycles. The smallest absolute Gasteiger partial charge is 0.408 e. The number of nitrogens with one attached hydrogen (secondary N) is 2. The van der Waals surface area contributed by atoms with Crippen LogP contribution in [0.5, 0.6) is 0 Å². The van der Waals surface area contributed by atoms with E-state index in [4.69, 9.17) is 4.74 Å². The van der Waals surface area contributed by atoms with Gasteiger partial charge in [-0.2, -0.15) is 0 Å². The molecular formula is C26H35N3O4. The number of anilines is 1. The van der Waals surface area contributed by atoms with Gasteiger partial charge in [0, 0.05) is 11.7 Å². The molecular weight excluding hydrogens is 418 g/mol. The second-order valence-electron chi connectivity index (χ2n) is 9.37. The fourth-order valence-corrected chi connectivity index (χ4v) is 3.38. The maximum Gasteiger partial charge on any atom is 0.408 e. The van der Waals surface area contributed by atoms with E-state index in [9.17, 15) is 14.4 Å². The van der Waals surface area contributed by atoms with Crippen LogP contribution in [-0.4, -0.2) is 41.0 Å². The lowest BCUT2D eigenvalue weighted by Gasteiger charge is -2.35. The Morgan fingerprint density at radius 1 is 0.970 bits per heavy atom. The highest BCUT2D eigenvalue weighted by Crippen LogP contribution is 2.26. The van der Waals surface area contributed by atoms with Gasteiger partial charge in [0.25, 0.3) is 5.91 Å². The molecule has 0 fully saturated rings. The summed E-state index contributed by atoms with van der Waals surface area (Å²) < 4.78 is 5.23. The molecule has 2 aromatic rings. The Labute approximate surface area is 196 Å². The number of rotatable bonds is 7. The van der Waals surface area contributed by atoms with Gasteiger partial charge in [0.05, 0.1) is 0 Å². The van der Waals surface area contributed by atoms with Crippen LogP contribution in [0.2, 0.25) is 0 Å². The van der Waals surface area contributed by atoms with Gasteiger partial charge < -0.3 is 20.3 Å². The topological polar surface area (TPSA) is 87.7 Å². The lowest BCUT2D eigenvalue weighted by atomic mass is 10.0. The first-order valence-electron chi connectivity index (χ1n) is 11.1. The molecule has 3 amide bonds. The second kappa shape index (κ2) is 11.0. The van der Waals surface area contributed by atoms with Crippen molar-refractivity contribution in [2.24, 2.45) is 0 Å². The Kier molecular flexibility index (Phi) is 8.63. The highest BCUT2D eigenvalue weighted by Gasteiger charge is 2.33. The Bertz CT molecular complexity index is 978. The number of amides is 3. The second-order valence-corrected chi connectivity index (χ2v) is 9.37. The highest BCUT2D eigenvalue weighted by molar-refractivity contribution is 5.99.